The summed E-state index contributed by atoms with van der Waals surface area (Å²) < 4.78 is 4.70. The van der Waals surface area contributed by atoms with Crippen LogP contribution in [0.5, 0.6) is 5.75 Å². The number of ether oxygens (including phenoxy) is 1. The smallest absolute Gasteiger partial charge is 0.407 e. The van der Waals surface area contributed by atoms with Crippen molar-refractivity contribution in [3.63, 3.8) is 0 Å². The lowest BCUT2D eigenvalue weighted by atomic mass is 10.0. The summed E-state index contributed by atoms with van der Waals surface area (Å²) in [4.78, 5) is 21.0. The molecule has 0 aliphatic carbocycles. The second kappa shape index (κ2) is 4.28. The number of alkyl carbamates (subject to hydrolysis) is 1. The zero-order valence-electron chi connectivity index (χ0n) is 8.75. The minimum atomic E-state index is -0.667. The Morgan fingerprint density at radius 3 is 2.94 bits per heavy atom. The predicted octanol–water partition coefficient (Wildman–Crippen LogP) is 1.47. The molecule has 90 valence electrons. The van der Waals surface area contributed by atoms with Crippen LogP contribution in [0, 0.1) is 10.1 Å². The van der Waals surface area contributed by atoms with Gasteiger partial charge in [-0.2, -0.15) is 0 Å². The number of hydrogen-bond acceptors (Lipinski definition) is 5. The predicted molar refractivity (Wildman–Crippen MR) is 56.6 cm³/mol. The number of nitrogens with zero attached hydrogens (tertiary/aromatic N) is 1. The third-order valence-electron chi connectivity index (χ3n) is 2.53. The summed E-state index contributed by atoms with van der Waals surface area (Å²) in [6.45, 7) is 0.269. The Labute approximate surface area is 96.2 Å². The molecule has 0 unspecified atom stereocenters. The van der Waals surface area contributed by atoms with E-state index in [1.165, 1.54) is 12.1 Å². The van der Waals surface area contributed by atoms with E-state index in [-0.39, 0.29) is 18.3 Å². The van der Waals surface area contributed by atoms with Crippen molar-refractivity contribution < 1.29 is 19.6 Å². The van der Waals surface area contributed by atoms with Gasteiger partial charge in [0.1, 0.15) is 0 Å². The molecule has 0 radical (unpaired) electrons. The highest BCUT2D eigenvalue weighted by Crippen LogP contribution is 2.30. The number of amides is 1. The molecule has 1 saturated heterocycles. The number of nitro benzene ring substituents is 1. The fourth-order valence-corrected chi connectivity index (χ4v) is 1.68. The Kier molecular flexibility index (Phi) is 2.82. The first kappa shape index (κ1) is 11.2. The largest absolute Gasteiger partial charge is 0.502 e. The van der Waals surface area contributed by atoms with Crippen molar-refractivity contribution in [3.05, 3.63) is 33.9 Å². The van der Waals surface area contributed by atoms with Gasteiger partial charge in [0.05, 0.1) is 17.6 Å². The van der Waals surface area contributed by atoms with Gasteiger partial charge in [-0.1, -0.05) is 6.07 Å². The highest BCUT2D eigenvalue weighted by atomic mass is 16.6. The van der Waals surface area contributed by atoms with Crippen LogP contribution in [-0.2, 0) is 4.74 Å². The minimum absolute atomic E-state index is 0.269. The normalized spacial score (nSPS) is 19.3. The fourth-order valence-electron chi connectivity index (χ4n) is 1.68. The molecule has 1 atom stereocenters. The molecule has 1 fully saturated rings. The van der Waals surface area contributed by atoms with E-state index in [0.29, 0.717) is 12.0 Å². The van der Waals surface area contributed by atoms with Crippen molar-refractivity contribution in [1.29, 1.82) is 0 Å². The SMILES string of the molecule is O=C1N[C@@H](c2ccc(O)c([N+](=O)[O-])c2)CCO1. The lowest BCUT2D eigenvalue weighted by Gasteiger charge is -2.23. The Morgan fingerprint density at radius 1 is 1.53 bits per heavy atom. The summed E-state index contributed by atoms with van der Waals surface area (Å²) in [5, 5.41) is 22.5. The number of phenols is 1. The maximum Gasteiger partial charge on any atom is 0.407 e. The van der Waals surface area contributed by atoms with Crippen molar-refractivity contribution in [2.24, 2.45) is 0 Å². The van der Waals surface area contributed by atoms with Gasteiger partial charge in [-0.15, -0.1) is 0 Å². The van der Waals surface area contributed by atoms with Crippen molar-refractivity contribution in [1.82, 2.24) is 5.32 Å². The highest BCUT2D eigenvalue weighted by Gasteiger charge is 2.23. The lowest BCUT2D eigenvalue weighted by Crippen LogP contribution is -2.35. The summed E-state index contributed by atoms with van der Waals surface area (Å²) in [6.07, 6.45) is -0.00908. The summed E-state index contributed by atoms with van der Waals surface area (Å²) in [5.41, 5.74) is 0.203. The van der Waals surface area contributed by atoms with Crippen molar-refractivity contribution in [3.8, 4) is 5.75 Å². The Morgan fingerprint density at radius 2 is 2.29 bits per heavy atom. The van der Waals surface area contributed by atoms with E-state index in [1.807, 2.05) is 0 Å². The van der Waals surface area contributed by atoms with Crippen LogP contribution >= 0.6 is 0 Å². The molecule has 1 heterocycles. The fraction of sp³-hybridized carbons (Fsp3) is 0.300. The molecule has 1 aromatic rings. The number of cyclic esters (lactones) is 1. The van der Waals surface area contributed by atoms with E-state index in [4.69, 9.17) is 4.74 Å². The highest BCUT2D eigenvalue weighted by molar-refractivity contribution is 5.68. The molecule has 1 amide bonds. The van der Waals surface area contributed by atoms with Gasteiger partial charge >= 0.3 is 11.8 Å². The number of carbonyl (C=O) groups excluding carboxylic acids is 1. The summed E-state index contributed by atoms with van der Waals surface area (Å²) in [5.74, 6) is -0.392. The van der Waals surface area contributed by atoms with Gasteiger partial charge in [0.25, 0.3) is 0 Å². The molecule has 1 aliphatic heterocycles. The summed E-state index contributed by atoms with van der Waals surface area (Å²) in [7, 11) is 0. The van der Waals surface area contributed by atoms with Crippen LogP contribution in [0.2, 0.25) is 0 Å². The molecular weight excluding hydrogens is 228 g/mol. The summed E-state index contributed by atoms with van der Waals surface area (Å²) in [6, 6.07) is 3.72. The van der Waals surface area contributed by atoms with Crippen molar-refractivity contribution in [2.75, 3.05) is 6.61 Å². The second-order valence-electron chi connectivity index (χ2n) is 3.63. The van der Waals surface area contributed by atoms with Crippen molar-refractivity contribution in [2.45, 2.75) is 12.5 Å². The number of carbonyl (C=O) groups is 1. The van der Waals surface area contributed by atoms with Gasteiger partial charge in [-0.25, -0.2) is 4.79 Å². The van der Waals surface area contributed by atoms with Crippen molar-refractivity contribution >= 4 is 11.8 Å². The number of nitrogens with one attached hydrogen (secondary N) is 1. The molecule has 1 aliphatic rings. The third kappa shape index (κ3) is 2.27. The van der Waals surface area contributed by atoms with E-state index < -0.39 is 16.8 Å². The van der Waals surface area contributed by atoms with Gasteiger partial charge in [0.15, 0.2) is 5.75 Å². The number of rotatable bonds is 2. The topological polar surface area (TPSA) is 102 Å². The first-order valence-electron chi connectivity index (χ1n) is 4.98. The molecule has 1 aromatic carbocycles. The van der Waals surface area contributed by atoms with Crippen LogP contribution in [0.15, 0.2) is 18.2 Å². The van der Waals surface area contributed by atoms with Crippen LogP contribution in [0.25, 0.3) is 0 Å². The van der Waals surface area contributed by atoms with Crippen LogP contribution in [0.1, 0.15) is 18.0 Å². The molecule has 17 heavy (non-hydrogen) atoms. The molecule has 2 N–H and O–H groups in total. The molecule has 2 rings (SSSR count). The number of phenolic OH excluding ortho intramolecular Hbond substituents is 1. The average molecular weight is 238 g/mol. The zero-order chi connectivity index (χ0) is 12.4. The van der Waals surface area contributed by atoms with E-state index >= 15 is 0 Å². The third-order valence-corrected chi connectivity index (χ3v) is 2.53. The monoisotopic (exact) mass is 238 g/mol. The maximum absolute atomic E-state index is 11.0. The quantitative estimate of drug-likeness (QED) is 0.600. The van der Waals surface area contributed by atoms with Gasteiger partial charge in [0, 0.05) is 12.5 Å². The van der Waals surface area contributed by atoms with Crippen LogP contribution < -0.4 is 5.32 Å². The first-order valence-corrected chi connectivity index (χ1v) is 4.98. The second-order valence-corrected chi connectivity index (χ2v) is 3.63. The number of benzene rings is 1. The van der Waals surface area contributed by atoms with E-state index in [2.05, 4.69) is 5.32 Å². The molecule has 0 bridgehead atoms. The zero-order valence-corrected chi connectivity index (χ0v) is 8.75. The van der Waals surface area contributed by atoms with E-state index in [1.54, 1.807) is 6.07 Å². The first-order chi connectivity index (χ1) is 8.08. The molecule has 0 saturated carbocycles. The van der Waals surface area contributed by atoms with Crippen LogP contribution in [0.4, 0.5) is 10.5 Å². The van der Waals surface area contributed by atoms with Crippen LogP contribution in [0.3, 0.4) is 0 Å². The Hall–Kier alpha value is -2.31. The minimum Gasteiger partial charge on any atom is -0.502 e. The Balaban J connectivity index is 2.29. The maximum atomic E-state index is 11.0. The molecule has 7 heteroatoms. The lowest BCUT2D eigenvalue weighted by molar-refractivity contribution is -0.385. The standard InChI is InChI=1S/C10H10N2O5/c13-9-2-1-6(5-8(9)12(15)16)7-3-4-17-10(14)11-7/h1-2,5,7,13H,3-4H2,(H,11,14)/t7-/m1/s1. The van der Waals surface area contributed by atoms with Gasteiger partial charge in [-0.3, -0.25) is 10.1 Å². The number of aromatic hydroxyl groups is 1. The average Bonchev–Trinajstić information content (AvgIpc) is 2.29. The van der Waals surface area contributed by atoms with Gasteiger partial charge in [-0.05, 0) is 11.6 Å². The Bertz CT molecular complexity index is 474. The van der Waals surface area contributed by atoms with Gasteiger partial charge in [0.2, 0.25) is 0 Å². The molecule has 7 nitrogen and oxygen atoms in total. The molecule has 0 spiro atoms. The van der Waals surface area contributed by atoms with E-state index in [9.17, 15) is 20.0 Å². The number of hydrogen-bond donors (Lipinski definition) is 2. The van der Waals surface area contributed by atoms with E-state index in [0.717, 1.165) is 0 Å². The van der Waals surface area contributed by atoms with Gasteiger partial charge < -0.3 is 15.2 Å². The van der Waals surface area contributed by atoms with Crippen LogP contribution in [-0.4, -0.2) is 22.7 Å². The molecular formula is C10H10N2O5. The summed E-state index contributed by atoms with van der Waals surface area (Å²) >= 11 is 0. The molecule has 0 aromatic heterocycles. The number of nitro groups is 1.